The van der Waals surface area contributed by atoms with Crippen LogP contribution in [0.2, 0.25) is 0 Å². The molecule has 2 heterocycles. The number of hydrogen-bond acceptors (Lipinski definition) is 5. The lowest BCUT2D eigenvalue weighted by Gasteiger charge is -2.23. The van der Waals surface area contributed by atoms with Crippen LogP contribution in [0.3, 0.4) is 0 Å². The Morgan fingerprint density at radius 2 is 2.35 bits per heavy atom. The SMILES string of the molecule is COC(=O)c1ccc(C(C)NCCC2CCCCO2)o1. The molecule has 1 saturated heterocycles. The van der Waals surface area contributed by atoms with Crippen LogP contribution in [0.25, 0.3) is 0 Å². The monoisotopic (exact) mass is 281 g/mol. The fraction of sp³-hybridized carbons (Fsp3) is 0.667. The van der Waals surface area contributed by atoms with Crippen LogP contribution < -0.4 is 5.32 Å². The van der Waals surface area contributed by atoms with E-state index in [1.54, 1.807) is 12.1 Å². The molecule has 112 valence electrons. The van der Waals surface area contributed by atoms with Crippen molar-refractivity contribution in [2.45, 2.75) is 44.8 Å². The predicted octanol–water partition coefficient (Wildman–Crippen LogP) is 2.68. The number of methoxy groups -OCH3 is 1. The maximum Gasteiger partial charge on any atom is 0.373 e. The highest BCUT2D eigenvalue weighted by molar-refractivity contribution is 5.86. The largest absolute Gasteiger partial charge is 0.463 e. The summed E-state index contributed by atoms with van der Waals surface area (Å²) in [6, 6.07) is 3.52. The summed E-state index contributed by atoms with van der Waals surface area (Å²) in [5.74, 6) is 0.542. The van der Waals surface area contributed by atoms with Gasteiger partial charge in [0.25, 0.3) is 0 Å². The molecule has 0 bridgehead atoms. The quantitative estimate of drug-likeness (QED) is 0.812. The molecule has 1 aromatic heterocycles. The number of hydrogen-bond donors (Lipinski definition) is 1. The van der Waals surface area contributed by atoms with Crippen LogP contribution in [0.15, 0.2) is 16.5 Å². The minimum Gasteiger partial charge on any atom is -0.463 e. The molecule has 0 spiro atoms. The van der Waals surface area contributed by atoms with Gasteiger partial charge >= 0.3 is 5.97 Å². The van der Waals surface area contributed by atoms with Gasteiger partial charge in [-0.05, 0) is 51.3 Å². The van der Waals surface area contributed by atoms with Crippen LogP contribution in [0.4, 0.5) is 0 Å². The summed E-state index contributed by atoms with van der Waals surface area (Å²) in [4.78, 5) is 11.3. The van der Waals surface area contributed by atoms with Crippen molar-refractivity contribution >= 4 is 5.97 Å². The van der Waals surface area contributed by atoms with Crippen molar-refractivity contribution in [3.05, 3.63) is 23.7 Å². The molecule has 1 aliphatic heterocycles. The number of ether oxygens (including phenoxy) is 2. The van der Waals surface area contributed by atoms with E-state index in [1.807, 2.05) is 6.92 Å². The van der Waals surface area contributed by atoms with Gasteiger partial charge in [0, 0.05) is 6.61 Å². The van der Waals surface area contributed by atoms with E-state index in [-0.39, 0.29) is 11.8 Å². The Morgan fingerprint density at radius 1 is 1.50 bits per heavy atom. The Kier molecular flexibility index (Phi) is 5.61. The minimum absolute atomic E-state index is 0.0667. The first-order chi connectivity index (χ1) is 9.70. The fourth-order valence-electron chi connectivity index (χ4n) is 2.39. The molecule has 0 aliphatic carbocycles. The molecule has 20 heavy (non-hydrogen) atoms. The Labute approximate surface area is 119 Å². The second kappa shape index (κ2) is 7.45. The van der Waals surface area contributed by atoms with Crippen LogP contribution >= 0.6 is 0 Å². The van der Waals surface area contributed by atoms with E-state index in [1.165, 1.54) is 20.0 Å². The lowest BCUT2D eigenvalue weighted by atomic mass is 10.1. The van der Waals surface area contributed by atoms with Crippen molar-refractivity contribution in [1.82, 2.24) is 5.32 Å². The van der Waals surface area contributed by atoms with Crippen molar-refractivity contribution in [3.8, 4) is 0 Å². The van der Waals surface area contributed by atoms with Gasteiger partial charge < -0.3 is 19.2 Å². The molecule has 0 aromatic carbocycles. The summed E-state index contributed by atoms with van der Waals surface area (Å²) in [6.07, 6.45) is 4.99. The van der Waals surface area contributed by atoms with Crippen molar-refractivity contribution in [3.63, 3.8) is 0 Å². The zero-order chi connectivity index (χ0) is 14.4. The summed E-state index contributed by atoms with van der Waals surface area (Å²) in [6.45, 7) is 3.78. The van der Waals surface area contributed by atoms with Gasteiger partial charge in [0.1, 0.15) is 5.76 Å². The molecule has 5 heteroatoms. The van der Waals surface area contributed by atoms with Crippen LogP contribution in [-0.4, -0.2) is 32.3 Å². The topological polar surface area (TPSA) is 60.7 Å². The molecule has 1 aliphatic rings. The van der Waals surface area contributed by atoms with E-state index in [2.05, 4.69) is 10.1 Å². The summed E-state index contributed by atoms with van der Waals surface area (Å²) in [7, 11) is 1.34. The number of rotatable bonds is 6. The number of nitrogens with one attached hydrogen (secondary N) is 1. The first kappa shape index (κ1) is 15.1. The lowest BCUT2D eigenvalue weighted by Crippen LogP contribution is -2.26. The molecule has 0 amide bonds. The average molecular weight is 281 g/mol. The molecule has 0 saturated carbocycles. The highest BCUT2D eigenvalue weighted by Crippen LogP contribution is 2.18. The van der Waals surface area contributed by atoms with Gasteiger partial charge in [-0.1, -0.05) is 0 Å². The fourth-order valence-corrected chi connectivity index (χ4v) is 2.39. The van der Waals surface area contributed by atoms with Crippen LogP contribution in [0.1, 0.15) is 55.0 Å². The number of carbonyl (C=O) groups excluding carboxylic acids is 1. The van der Waals surface area contributed by atoms with E-state index in [9.17, 15) is 4.79 Å². The van der Waals surface area contributed by atoms with Gasteiger partial charge in [0.2, 0.25) is 5.76 Å². The highest BCUT2D eigenvalue weighted by Gasteiger charge is 2.17. The summed E-state index contributed by atoms with van der Waals surface area (Å²) < 4.78 is 15.8. The smallest absolute Gasteiger partial charge is 0.373 e. The maximum atomic E-state index is 11.3. The third kappa shape index (κ3) is 4.08. The van der Waals surface area contributed by atoms with Crippen LogP contribution in [-0.2, 0) is 9.47 Å². The second-order valence-electron chi connectivity index (χ2n) is 5.15. The molecule has 2 unspecified atom stereocenters. The van der Waals surface area contributed by atoms with Crippen molar-refractivity contribution in [1.29, 1.82) is 0 Å². The van der Waals surface area contributed by atoms with Gasteiger partial charge in [-0.25, -0.2) is 4.79 Å². The first-order valence-electron chi connectivity index (χ1n) is 7.23. The van der Waals surface area contributed by atoms with E-state index in [0.717, 1.165) is 31.8 Å². The Bertz CT molecular complexity index is 423. The number of furan rings is 1. The van der Waals surface area contributed by atoms with Gasteiger partial charge in [0.15, 0.2) is 0 Å². The predicted molar refractivity (Wildman–Crippen MR) is 74.7 cm³/mol. The summed E-state index contributed by atoms with van der Waals surface area (Å²) in [5.41, 5.74) is 0. The lowest BCUT2D eigenvalue weighted by molar-refractivity contribution is 0.0112. The average Bonchev–Trinajstić information content (AvgIpc) is 2.97. The summed E-state index contributed by atoms with van der Waals surface area (Å²) >= 11 is 0. The molecule has 1 fully saturated rings. The minimum atomic E-state index is -0.445. The molecule has 0 radical (unpaired) electrons. The highest BCUT2D eigenvalue weighted by atomic mass is 16.5. The normalized spacial score (nSPS) is 20.6. The third-order valence-corrected chi connectivity index (χ3v) is 3.63. The first-order valence-corrected chi connectivity index (χ1v) is 7.23. The second-order valence-corrected chi connectivity index (χ2v) is 5.15. The summed E-state index contributed by atoms with van der Waals surface area (Å²) in [5, 5.41) is 3.39. The zero-order valence-electron chi connectivity index (χ0n) is 12.2. The third-order valence-electron chi connectivity index (χ3n) is 3.63. The number of carbonyl (C=O) groups is 1. The molecule has 2 atom stereocenters. The Balaban J connectivity index is 1.75. The maximum absolute atomic E-state index is 11.3. The van der Waals surface area contributed by atoms with Crippen molar-refractivity contribution in [2.75, 3.05) is 20.3 Å². The van der Waals surface area contributed by atoms with Gasteiger partial charge in [-0.3, -0.25) is 0 Å². The van der Waals surface area contributed by atoms with E-state index < -0.39 is 5.97 Å². The molecular formula is C15H23NO4. The molecule has 1 aromatic rings. The molecule has 5 nitrogen and oxygen atoms in total. The van der Waals surface area contributed by atoms with E-state index in [0.29, 0.717) is 6.10 Å². The Hall–Kier alpha value is -1.33. The Morgan fingerprint density at radius 3 is 3.05 bits per heavy atom. The van der Waals surface area contributed by atoms with Gasteiger partial charge in [0.05, 0.1) is 19.3 Å². The van der Waals surface area contributed by atoms with Crippen molar-refractivity contribution in [2.24, 2.45) is 0 Å². The van der Waals surface area contributed by atoms with Crippen molar-refractivity contribution < 1.29 is 18.7 Å². The standard InChI is InChI=1S/C15H23NO4/c1-11(13-6-7-14(20-13)15(17)18-2)16-9-8-12-5-3-4-10-19-12/h6-7,11-12,16H,3-5,8-10H2,1-2H3. The van der Waals surface area contributed by atoms with E-state index >= 15 is 0 Å². The molecule has 2 rings (SSSR count). The number of esters is 1. The van der Waals surface area contributed by atoms with Crippen LogP contribution in [0, 0.1) is 0 Å². The molecular weight excluding hydrogens is 258 g/mol. The van der Waals surface area contributed by atoms with E-state index in [4.69, 9.17) is 9.15 Å². The van der Waals surface area contributed by atoms with Gasteiger partial charge in [-0.2, -0.15) is 0 Å². The molecule has 1 N–H and O–H groups in total. The van der Waals surface area contributed by atoms with Crippen LogP contribution in [0.5, 0.6) is 0 Å². The zero-order valence-corrected chi connectivity index (χ0v) is 12.2. The van der Waals surface area contributed by atoms with Gasteiger partial charge in [-0.15, -0.1) is 0 Å².